The molecule has 3 atom stereocenters. The van der Waals surface area contributed by atoms with Crippen molar-refractivity contribution in [3.8, 4) is 6.07 Å². The highest BCUT2D eigenvalue weighted by atomic mass is 16.2. The predicted octanol–water partition coefficient (Wildman–Crippen LogP) is 3.10. The number of Topliss-reactive ketones (excluding diaryl/α,β-unsaturated/α-hetero) is 1. The average Bonchev–Trinajstić information content (AvgIpc) is 2.59. The summed E-state index contributed by atoms with van der Waals surface area (Å²) >= 11 is 0. The molecule has 4 nitrogen and oxygen atoms in total. The van der Waals surface area contributed by atoms with Gasteiger partial charge in [0.2, 0.25) is 5.91 Å². The van der Waals surface area contributed by atoms with E-state index in [1.54, 1.807) is 6.08 Å². The van der Waals surface area contributed by atoms with Crippen molar-refractivity contribution in [2.75, 3.05) is 6.54 Å². The highest BCUT2D eigenvalue weighted by Gasteiger charge is 2.60. The molecule has 0 N–H and O–H groups in total. The topological polar surface area (TPSA) is 61.2 Å². The maximum absolute atomic E-state index is 13.3. The fraction of sp³-hybridized carbons (Fsp3) is 0.450. The maximum Gasteiger partial charge on any atom is 0.233 e. The third kappa shape index (κ3) is 2.19. The minimum absolute atomic E-state index is 0.00667. The molecule has 1 heterocycles. The van der Waals surface area contributed by atoms with Crippen LogP contribution in [-0.4, -0.2) is 23.1 Å². The molecule has 1 aliphatic heterocycles. The SMILES string of the molecule is CC1C(=O)C(C#N)=C[C@@]2(C)C(=O)N(Cc3ccccc3)CCC12C. The Labute approximate surface area is 142 Å². The summed E-state index contributed by atoms with van der Waals surface area (Å²) in [5, 5.41) is 9.29. The summed E-state index contributed by atoms with van der Waals surface area (Å²) in [7, 11) is 0. The van der Waals surface area contributed by atoms with Gasteiger partial charge < -0.3 is 4.90 Å². The summed E-state index contributed by atoms with van der Waals surface area (Å²) in [5.41, 5.74) is -0.0625. The van der Waals surface area contributed by atoms with Gasteiger partial charge in [-0.1, -0.05) is 44.2 Å². The van der Waals surface area contributed by atoms with Crippen LogP contribution in [0.1, 0.15) is 32.8 Å². The van der Waals surface area contributed by atoms with Gasteiger partial charge in [-0.2, -0.15) is 5.26 Å². The molecule has 1 aromatic rings. The van der Waals surface area contributed by atoms with E-state index < -0.39 is 10.8 Å². The first kappa shape index (κ1) is 16.4. The molecule has 3 rings (SSSR count). The Morgan fingerprint density at radius 1 is 1.25 bits per heavy atom. The maximum atomic E-state index is 13.3. The Kier molecular flexibility index (Phi) is 3.83. The first-order valence-electron chi connectivity index (χ1n) is 8.34. The van der Waals surface area contributed by atoms with Gasteiger partial charge in [0, 0.05) is 19.0 Å². The number of rotatable bonds is 2. The van der Waals surface area contributed by atoms with Crippen molar-refractivity contribution in [1.29, 1.82) is 5.26 Å². The fourth-order valence-electron chi connectivity index (χ4n) is 4.12. The molecule has 4 heteroatoms. The van der Waals surface area contributed by atoms with Crippen LogP contribution in [0.4, 0.5) is 0 Å². The van der Waals surface area contributed by atoms with Gasteiger partial charge in [0.05, 0.1) is 11.0 Å². The molecule has 1 amide bonds. The van der Waals surface area contributed by atoms with Crippen LogP contribution < -0.4 is 0 Å². The van der Waals surface area contributed by atoms with Crippen LogP contribution in [0.25, 0.3) is 0 Å². The van der Waals surface area contributed by atoms with E-state index in [1.165, 1.54) is 0 Å². The fourth-order valence-corrected chi connectivity index (χ4v) is 4.12. The molecule has 1 saturated heterocycles. The summed E-state index contributed by atoms with van der Waals surface area (Å²) in [4.78, 5) is 27.5. The summed E-state index contributed by atoms with van der Waals surface area (Å²) < 4.78 is 0. The molecule has 0 spiro atoms. The third-order valence-corrected chi connectivity index (χ3v) is 6.20. The van der Waals surface area contributed by atoms with Gasteiger partial charge in [0.1, 0.15) is 6.07 Å². The van der Waals surface area contributed by atoms with Crippen molar-refractivity contribution < 1.29 is 9.59 Å². The van der Waals surface area contributed by atoms with Gasteiger partial charge in [0.25, 0.3) is 0 Å². The van der Waals surface area contributed by atoms with Crippen molar-refractivity contribution in [2.45, 2.75) is 33.7 Å². The van der Waals surface area contributed by atoms with Gasteiger partial charge in [-0.15, -0.1) is 0 Å². The molecular weight excluding hydrogens is 300 g/mol. The van der Waals surface area contributed by atoms with Crippen LogP contribution >= 0.6 is 0 Å². The Morgan fingerprint density at radius 3 is 2.54 bits per heavy atom. The third-order valence-electron chi connectivity index (χ3n) is 6.20. The molecule has 2 aliphatic rings. The van der Waals surface area contributed by atoms with Crippen molar-refractivity contribution in [2.24, 2.45) is 16.7 Å². The highest BCUT2D eigenvalue weighted by Crippen LogP contribution is 2.56. The number of hydrogen-bond donors (Lipinski definition) is 0. The summed E-state index contributed by atoms with van der Waals surface area (Å²) in [6.45, 7) is 6.94. The number of nitrogens with zero attached hydrogens (tertiary/aromatic N) is 2. The van der Waals surface area contributed by atoms with E-state index >= 15 is 0 Å². The van der Waals surface area contributed by atoms with Gasteiger partial charge in [0.15, 0.2) is 5.78 Å². The molecule has 1 fully saturated rings. The van der Waals surface area contributed by atoms with E-state index in [0.717, 1.165) is 12.0 Å². The molecule has 0 aromatic heterocycles. The number of piperidine rings is 1. The van der Waals surface area contributed by atoms with E-state index in [-0.39, 0.29) is 23.2 Å². The largest absolute Gasteiger partial charge is 0.338 e. The standard InChI is InChI=1S/C20H22N2O2/c1-14-17(23)16(12-21)11-20(3)18(24)22(10-9-19(14,20)2)13-15-7-5-4-6-8-15/h4-8,11,14H,9-10,13H2,1-3H3/t14?,19?,20-/m0/s1. The first-order chi connectivity index (χ1) is 11.3. The summed E-state index contributed by atoms with van der Waals surface area (Å²) in [6, 6.07) is 11.9. The molecule has 124 valence electrons. The number of nitriles is 1. The van der Waals surface area contributed by atoms with Crippen molar-refractivity contribution in [3.63, 3.8) is 0 Å². The average molecular weight is 322 g/mol. The molecule has 0 saturated carbocycles. The van der Waals surface area contributed by atoms with Gasteiger partial charge in [-0.05, 0) is 30.4 Å². The lowest BCUT2D eigenvalue weighted by Gasteiger charge is -2.55. The van der Waals surface area contributed by atoms with E-state index in [4.69, 9.17) is 0 Å². The number of ketones is 1. The number of likely N-dealkylation sites (tertiary alicyclic amines) is 1. The lowest BCUT2D eigenvalue weighted by molar-refractivity contribution is -0.160. The Bertz CT molecular complexity index is 762. The number of hydrogen-bond acceptors (Lipinski definition) is 3. The first-order valence-corrected chi connectivity index (χ1v) is 8.34. The molecule has 0 bridgehead atoms. The number of allylic oxidation sites excluding steroid dienone is 1. The Balaban J connectivity index is 1.99. The lowest BCUT2D eigenvalue weighted by atomic mass is 9.51. The zero-order chi connectivity index (χ0) is 17.5. The van der Waals surface area contributed by atoms with Gasteiger partial charge >= 0.3 is 0 Å². The minimum Gasteiger partial charge on any atom is -0.338 e. The Morgan fingerprint density at radius 2 is 1.92 bits per heavy atom. The summed E-state index contributed by atoms with van der Waals surface area (Å²) in [6.07, 6.45) is 2.37. The Hall–Kier alpha value is -2.41. The molecule has 1 aliphatic carbocycles. The number of carbonyl (C=O) groups is 2. The molecule has 2 unspecified atom stereocenters. The molecular formula is C20H22N2O2. The van der Waals surface area contributed by atoms with Crippen molar-refractivity contribution in [3.05, 3.63) is 47.5 Å². The number of carbonyl (C=O) groups excluding carboxylic acids is 2. The second-order valence-electron chi connectivity index (χ2n) is 7.34. The predicted molar refractivity (Wildman–Crippen MR) is 90.6 cm³/mol. The lowest BCUT2D eigenvalue weighted by Crippen LogP contribution is -2.61. The van der Waals surface area contributed by atoms with E-state index in [2.05, 4.69) is 0 Å². The zero-order valence-electron chi connectivity index (χ0n) is 14.4. The van der Waals surface area contributed by atoms with Crippen molar-refractivity contribution >= 4 is 11.7 Å². The van der Waals surface area contributed by atoms with Crippen LogP contribution in [0.3, 0.4) is 0 Å². The zero-order valence-corrected chi connectivity index (χ0v) is 14.4. The van der Waals surface area contributed by atoms with Crippen LogP contribution in [0, 0.1) is 28.1 Å². The molecule has 24 heavy (non-hydrogen) atoms. The second-order valence-corrected chi connectivity index (χ2v) is 7.34. The second kappa shape index (κ2) is 5.59. The van der Waals surface area contributed by atoms with Gasteiger partial charge in [-0.3, -0.25) is 9.59 Å². The number of amides is 1. The van der Waals surface area contributed by atoms with E-state index in [0.29, 0.717) is 13.1 Å². The van der Waals surface area contributed by atoms with Crippen LogP contribution in [-0.2, 0) is 16.1 Å². The van der Waals surface area contributed by atoms with E-state index in [9.17, 15) is 14.9 Å². The quantitative estimate of drug-likeness (QED) is 0.840. The monoisotopic (exact) mass is 322 g/mol. The normalized spacial score (nSPS) is 32.8. The number of fused-ring (bicyclic) bond motifs is 1. The van der Waals surface area contributed by atoms with Crippen molar-refractivity contribution in [1.82, 2.24) is 4.90 Å². The van der Waals surface area contributed by atoms with Gasteiger partial charge in [-0.25, -0.2) is 0 Å². The van der Waals surface area contributed by atoms with E-state index in [1.807, 2.05) is 62.1 Å². The molecule has 1 aromatic carbocycles. The van der Waals surface area contributed by atoms with Crippen LogP contribution in [0.2, 0.25) is 0 Å². The van der Waals surface area contributed by atoms with Crippen LogP contribution in [0.15, 0.2) is 42.0 Å². The highest BCUT2D eigenvalue weighted by molar-refractivity contribution is 6.04. The smallest absolute Gasteiger partial charge is 0.233 e. The number of benzene rings is 1. The van der Waals surface area contributed by atoms with Crippen LogP contribution in [0.5, 0.6) is 0 Å². The summed E-state index contributed by atoms with van der Waals surface area (Å²) in [5.74, 6) is -0.459. The minimum atomic E-state index is -0.821. The molecule has 0 radical (unpaired) electrons.